The van der Waals surface area contributed by atoms with Crippen LogP contribution in [0.15, 0.2) is 0 Å². The fourth-order valence-corrected chi connectivity index (χ4v) is 5.74. The van der Waals surface area contributed by atoms with Gasteiger partial charge in [-0.05, 0) is 6.42 Å². The molecule has 3 aliphatic heterocycles. The van der Waals surface area contributed by atoms with Crippen LogP contribution in [-0.2, 0) is 28.4 Å². The van der Waals surface area contributed by atoms with Gasteiger partial charge in [0.05, 0.1) is 24.8 Å². The molecule has 42 heavy (non-hydrogen) atoms. The first-order chi connectivity index (χ1) is 19.8. The van der Waals surface area contributed by atoms with Gasteiger partial charge in [-0.15, -0.1) is 0 Å². The Labute approximate surface area is 241 Å². The molecule has 246 valence electrons. The van der Waals surface area contributed by atoms with Gasteiger partial charge in [0.2, 0.25) is 0 Å². The number of aliphatic hydroxyl groups is 7. The topological polar surface area (TPSA) is 353 Å². The lowest BCUT2D eigenvalue weighted by atomic mass is 9.84. The number of hydrogen-bond acceptors (Lipinski definition) is 19. The molecule has 0 amide bonds. The highest BCUT2D eigenvalue weighted by molar-refractivity contribution is 5.02. The van der Waals surface area contributed by atoms with E-state index in [0.717, 1.165) is 0 Å². The van der Waals surface area contributed by atoms with Crippen LogP contribution in [0.4, 0.5) is 0 Å². The third kappa shape index (κ3) is 6.60. The predicted molar refractivity (Wildman–Crippen MR) is 138 cm³/mol. The van der Waals surface area contributed by atoms with Crippen molar-refractivity contribution in [2.24, 2.45) is 34.4 Å². The van der Waals surface area contributed by atoms with Gasteiger partial charge in [-0.25, -0.2) is 0 Å². The lowest BCUT2D eigenvalue weighted by Gasteiger charge is -2.47. The second kappa shape index (κ2) is 14.1. The highest BCUT2D eigenvalue weighted by atomic mass is 16.8. The van der Waals surface area contributed by atoms with Crippen LogP contribution in [0.1, 0.15) is 6.42 Å². The van der Waals surface area contributed by atoms with Crippen molar-refractivity contribution in [3.05, 3.63) is 0 Å². The molecule has 4 aliphatic rings. The molecular weight excluding hydrogens is 568 g/mol. The summed E-state index contributed by atoms with van der Waals surface area (Å²) in [5.74, 6) is 0. The zero-order valence-electron chi connectivity index (χ0n) is 22.8. The molecule has 3 saturated heterocycles. The number of rotatable bonds is 9. The van der Waals surface area contributed by atoms with Crippen LogP contribution in [-0.4, -0.2) is 172 Å². The molecule has 19 nitrogen and oxygen atoms in total. The summed E-state index contributed by atoms with van der Waals surface area (Å²) in [5, 5.41) is 73.0. The molecule has 19 heteroatoms. The first-order valence-electron chi connectivity index (χ1n) is 13.9. The van der Waals surface area contributed by atoms with Crippen molar-refractivity contribution in [3.63, 3.8) is 0 Å². The van der Waals surface area contributed by atoms with E-state index < -0.39 is 123 Å². The van der Waals surface area contributed by atoms with Gasteiger partial charge in [0.1, 0.15) is 67.1 Å². The van der Waals surface area contributed by atoms with E-state index in [1.54, 1.807) is 0 Å². The van der Waals surface area contributed by atoms with Crippen LogP contribution in [0, 0.1) is 0 Å². The number of hydrogen-bond donors (Lipinski definition) is 13. The van der Waals surface area contributed by atoms with Crippen LogP contribution in [0.3, 0.4) is 0 Å². The van der Waals surface area contributed by atoms with E-state index in [-0.39, 0.29) is 19.5 Å². The first-order valence-corrected chi connectivity index (χ1v) is 13.9. The van der Waals surface area contributed by atoms with Crippen molar-refractivity contribution in [2.75, 3.05) is 19.7 Å². The summed E-state index contributed by atoms with van der Waals surface area (Å²) in [6.45, 7) is -0.967. The van der Waals surface area contributed by atoms with Crippen LogP contribution < -0.4 is 34.4 Å². The van der Waals surface area contributed by atoms with Crippen LogP contribution in [0.2, 0.25) is 0 Å². The molecular formula is C23H46N6O13. The van der Waals surface area contributed by atoms with Gasteiger partial charge in [0.25, 0.3) is 0 Å². The van der Waals surface area contributed by atoms with Gasteiger partial charge < -0.3 is 98.6 Å². The standard InChI is InChI=1S/C23H46N6O13/c24-2-7-13(32)15(34)10(28)21(37-7)40-18-6(27)1-5(26)12(31)20(18)42-23-17(36)19(9(4-30)39-23)41-22-11(29)16(35)14(33)8(3-25)38-22/h5-23,30-36H,1-4,24-29H2/t5-,6+,7-,8-,9-,10-,11-,12+,13-,14+,15-,16+,17+,18-,19-,20+,21-,22+,23-/m1/s1. The van der Waals surface area contributed by atoms with Crippen molar-refractivity contribution in [2.45, 2.75) is 123 Å². The largest absolute Gasteiger partial charge is 0.394 e. The molecule has 0 aromatic heterocycles. The van der Waals surface area contributed by atoms with Gasteiger partial charge in [0.15, 0.2) is 18.9 Å². The molecule has 0 aromatic carbocycles. The van der Waals surface area contributed by atoms with E-state index in [0.29, 0.717) is 0 Å². The van der Waals surface area contributed by atoms with Crippen molar-refractivity contribution >= 4 is 0 Å². The summed E-state index contributed by atoms with van der Waals surface area (Å²) in [6, 6.07) is -4.18. The molecule has 19 atom stereocenters. The lowest BCUT2D eigenvalue weighted by Crippen LogP contribution is -2.68. The maximum Gasteiger partial charge on any atom is 0.187 e. The fraction of sp³-hybridized carbons (Fsp3) is 1.00. The average Bonchev–Trinajstić information content (AvgIpc) is 3.27. The summed E-state index contributed by atoms with van der Waals surface area (Å²) in [6.07, 6.45) is -19.8. The van der Waals surface area contributed by atoms with E-state index in [4.69, 9.17) is 62.8 Å². The third-order valence-electron chi connectivity index (χ3n) is 8.37. The Hall–Kier alpha value is -0.760. The zero-order valence-corrected chi connectivity index (χ0v) is 22.8. The van der Waals surface area contributed by atoms with E-state index in [2.05, 4.69) is 0 Å². The molecule has 0 bridgehead atoms. The Balaban J connectivity index is 1.50. The molecule has 1 saturated carbocycles. The minimum Gasteiger partial charge on any atom is -0.394 e. The van der Waals surface area contributed by atoms with E-state index >= 15 is 0 Å². The van der Waals surface area contributed by atoms with Crippen molar-refractivity contribution in [1.29, 1.82) is 0 Å². The number of nitrogens with two attached hydrogens (primary N) is 6. The monoisotopic (exact) mass is 614 g/mol. The van der Waals surface area contributed by atoms with E-state index in [1.807, 2.05) is 0 Å². The molecule has 1 aliphatic carbocycles. The Morgan fingerprint density at radius 1 is 0.524 bits per heavy atom. The summed E-state index contributed by atoms with van der Waals surface area (Å²) in [7, 11) is 0. The maximum absolute atomic E-state index is 11.1. The van der Waals surface area contributed by atoms with Crippen molar-refractivity contribution in [1.82, 2.24) is 0 Å². The van der Waals surface area contributed by atoms with Crippen molar-refractivity contribution in [3.8, 4) is 0 Å². The summed E-state index contributed by atoms with van der Waals surface area (Å²) < 4.78 is 34.6. The highest BCUT2D eigenvalue weighted by Crippen LogP contribution is 2.34. The van der Waals surface area contributed by atoms with Gasteiger partial charge in [-0.2, -0.15) is 0 Å². The highest BCUT2D eigenvalue weighted by Gasteiger charge is 2.54. The molecule has 3 heterocycles. The Morgan fingerprint density at radius 3 is 1.45 bits per heavy atom. The van der Waals surface area contributed by atoms with Crippen LogP contribution in [0.25, 0.3) is 0 Å². The average molecular weight is 615 g/mol. The zero-order chi connectivity index (χ0) is 31.0. The third-order valence-corrected chi connectivity index (χ3v) is 8.37. The van der Waals surface area contributed by atoms with Gasteiger partial charge in [0, 0.05) is 25.2 Å². The molecule has 4 fully saturated rings. The lowest BCUT2D eigenvalue weighted by molar-refractivity contribution is -0.306. The second-order valence-electron chi connectivity index (χ2n) is 11.2. The summed E-state index contributed by atoms with van der Waals surface area (Å²) in [5.41, 5.74) is 35.6. The molecule has 0 spiro atoms. The van der Waals surface area contributed by atoms with Crippen LogP contribution in [0.5, 0.6) is 0 Å². The Bertz CT molecular complexity index is 868. The molecule has 0 radical (unpaired) electrons. The Morgan fingerprint density at radius 2 is 0.976 bits per heavy atom. The van der Waals surface area contributed by atoms with E-state index in [1.165, 1.54) is 0 Å². The first kappa shape index (κ1) is 34.1. The van der Waals surface area contributed by atoms with Gasteiger partial charge in [-0.1, -0.05) is 0 Å². The molecule has 0 aromatic rings. The Kier molecular flexibility index (Phi) is 11.5. The molecule has 4 rings (SSSR count). The smallest absolute Gasteiger partial charge is 0.187 e. The van der Waals surface area contributed by atoms with Crippen molar-refractivity contribution < 1.29 is 64.2 Å². The maximum atomic E-state index is 11.1. The minimum absolute atomic E-state index is 0.0889. The molecule has 0 unspecified atom stereocenters. The number of aliphatic hydroxyl groups excluding tert-OH is 7. The normalized spacial score (nSPS) is 53.8. The fourth-order valence-electron chi connectivity index (χ4n) is 5.74. The minimum atomic E-state index is -1.60. The predicted octanol–water partition coefficient (Wildman–Crippen LogP) is -8.90. The van der Waals surface area contributed by atoms with Crippen LogP contribution >= 0.6 is 0 Å². The second-order valence-corrected chi connectivity index (χ2v) is 11.2. The van der Waals surface area contributed by atoms with Gasteiger partial charge in [-0.3, -0.25) is 0 Å². The van der Waals surface area contributed by atoms with E-state index in [9.17, 15) is 35.7 Å². The van der Waals surface area contributed by atoms with Gasteiger partial charge >= 0.3 is 0 Å². The number of ether oxygens (including phenoxy) is 6. The summed E-state index contributed by atoms with van der Waals surface area (Å²) >= 11 is 0. The summed E-state index contributed by atoms with van der Waals surface area (Å²) in [4.78, 5) is 0. The quantitative estimate of drug-likeness (QED) is 0.115. The SMILES string of the molecule is NC[C@H]1O[C@@H](O[C@H]2[C@H](O)[C@@H](O[C@H]3[C@@H](O)[C@H](N)C[C@H](N)[C@H]3O[C@H]3O[C@H](CN)[C@@H](O)[C@H](O)[C@H]3N)O[C@@H]2CO)[C@H](N)[C@H](O)[C@H]1O. The molecule has 19 N–H and O–H groups in total.